The zero-order valence-electron chi connectivity index (χ0n) is 17.9. The molecule has 2 aliphatic heterocycles. The molecule has 0 radical (unpaired) electrons. The fraction of sp³-hybridized carbons (Fsp3) is 0.545. The van der Waals surface area contributed by atoms with Crippen molar-refractivity contribution in [2.45, 2.75) is 19.4 Å². The highest BCUT2D eigenvalue weighted by Gasteiger charge is 2.29. The summed E-state index contributed by atoms with van der Waals surface area (Å²) in [7, 11) is 0. The van der Waals surface area contributed by atoms with Gasteiger partial charge in [0.1, 0.15) is 11.6 Å². The first-order valence-electron chi connectivity index (χ1n) is 10.7. The lowest BCUT2D eigenvalue weighted by atomic mass is 10.0. The van der Waals surface area contributed by atoms with Crippen molar-refractivity contribution in [2.75, 3.05) is 68.8 Å². The van der Waals surface area contributed by atoms with Crippen LogP contribution in [0.3, 0.4) is 0 Å². The molecule has 0 saturated carbocycles. The van der Waals surface area contributed by atoms with Gasteiger partial charge in [-0.1, -0.05) is 12.1 Å². The Morgan fingerprint density at radius 3 is 2.40 bits per heavy atom. The number of phenols is 1. The lowest BCUT2D eigenvalue weighted by Crippen LogP contribution is -2.57. The van der Waals surface area contributed by atoms with Gasteiger partial charge < -0.3 is 25.4 Å². The van der Waals surface area contributed by atoms with E-state index in [1.165, 1.54) is 0 Å². The smallest absolute Gasteiger partial charge is 0.228 e. The van der Waals surface area contributed by atoms with Crippen LogP contribution in [-0.2, 0) is 4.74 Å². The molecule has 4 rings (SSSR count). The molecule has 1 aromatic carbocycles. The summed E-state index contributed by atoms with van der Waals surface area (Å²) in [5, 5.41) is 9.94. The number of hydrogen-bond acceptors (Lipinski definition) is 8. The van der Waals surface area contributed by atoms with Crippen molar-refractivity contribution in [2.24, 2.45) is 5.73 Å². The summed E-state index contributed by atoms with van der Waals surface area (Å²) >= 11 is 0. The SMILES string of the molecule is CC(C)(CN)N1CCN(c2cc(-c3cccc(O)c3)nc(N3CCOCC3)n2)CC1. The predicted molar refractivity (Wildman–Crippen MR) is 119 cm³/mol. The van der Waals surface area contributed by atoms with E-state index < -0.39 is 0 Å². The summed E-state index contributed by atoms with van der Waals surface area (Å²) < 4.78 is 5.50. The number of nitrogens with zero attached hydrogens (tertiary/aromatic N) is 5. The highest BCUT2D eigenvalue weighted by molar-refractivity contribution is 5.66. The fourth-order valence-corrected chi connectivity index (χ4v) is 3.97. The van der Waals surface area contributed by atoms with E-state index in [4.69, 9.17) is 20.4 Å². The lowest BCUT2D eigenvalue weighted by Gasteiger charge is -2.44. The second-order valence-corrected chi connectivity index (χ2v) is 8.55. The minimum absolute atomic E-state index is 0.00342. The standard InChI is InChI=1S/C22H32N6O2/c1-22(2,16-23)28-8-6-26(7-9-28)20-15-19(17-4-3-5-18(29)14-17)24-21(25-20)27-10-12-30-13-11-27/h3-5,14-15,29H,6-13,16,23H2,1-2H3. The molecule has 8 nitrogen and oxygen atoms in total. The number of anilines is 2. The molecule has 2 aromatic rings. The molecular weight excluding hydrogens is 380 g/mol. The molecule has 0 unspecified atom stereocenters. The maximum atomic E-state index is 9.94. The number of aromatic hydroxyl groups is 1. The molecule has 0 amide bonds. The van der Waals surface area contributed by atoms with Gasteiger partial charge in [0.05, 0.1) is 18.9 Å². The normalized spacial score (nSPS) is 18.6. The second kappa shape index (κ2) is 8.75. The Kier molecular flexibility index (Phi) is 6.08. The topological polar surface area (TPSA) is 91.0 Å². The van der Waals surface area contributed by atoms with E-state index in [0.29, 0.717) is 19.8 Å². The Labute approximate surface area is 178 Å². The molecule has 0 aliphatic carbocycles. The van der Waals surface area contributed by atoms with Crippen molar-refractivity contribution in [3.05, 3.63) is 30.3 Å². The quantitative estimate of drug-likeness (QED) is 0.764. The van der Waals surface area contributed by atoms with Gasteiger partial charge in [0, 0.05) is 63.0 Å². The average molecular weight is 413 g/mol. The summed E-state index contributed by atoms with van der Waals surface area (Å²) in [5.74, 6) is 1.88. The van der Waals surface area contributed by atoms with Crippen molar-refractivity contribution < 1.29 is 9.84 Å². The Hall–Kier alpha value is -2.42. The van der Waals surface area contributed by atoms with E-state index in [0.717, 1.165) is 62.3 Å². The van der Waals surface area contributed by atoms with Crippen LogP contribution >= 0.6 is 0 Å². The molecule has 3 N–H and O–H groups in total. The van der Waals surface area contributed by atoms with Crippen LogP contribution in [0.25, 0.3) is 11.3 Å². The van der Waals surface area contributed by atoms with Crippen LogP contribution in [0.1, 0.15) is 13.8 Å². The Balaban J connectivity index is 1.63. The molecule has 0 bridgehead atoms. The van der Waals surface area contributed by atoms with E-state index >= 15 is 0 Å². The molecule has 0 spiro atoms. The van der Waals surface area contributed by atoms with Crippen molar-refractivity contribution in [3.8, 4) is 17.0 Å². The molecule has 2 saturated heterocycles. The van der Waals surface area contributed by atoms with Gasteiger partial charge in [-0.25, -0.2) is 4.98 Å². The van der Waals surface area contributed by atoms with Crippen LogP contribution in [0, 0.1) is 0 Å². The predicted octanol–water partition coefficient (Wildman–Crippen LogP) is 1.55. The van der Waals surface area contributed by atoms with Crippen molar-refractivity contribution in [1.29, 1.82) is 0 Å². The number of rotatable bonds is 5. The Morgan fingerprint density at radius 2 is 1.73 bits per heavy atom. The minimum atomic E-state index is 0.00342. The number of ether oxygens (including phenoxy) is 1. The van der Waals surface area contributed by atoms with E-state index in [1.807, 2.05) is 18.2 Å². The molecular formula is C22H32N6O2. The van der Waals surface area contributed by atoms with Crippen molar-refractivity contribution in [3.63, 3.8) is 0 Å². The first-order valence-corrected chi connectivity index (χ1v) is 10.7. The molecule has 3 heterocycles. The summed E-state index contributed by atoms with van der Waals surface area (Å²) in [6.45, 7) is 11.6. The third-order valence-electron chi connectivity index (χ3n) is 6.10. The Morgan fingerprint density at radius 1 is 1.00 bits per heavy atom. The van der Waals surface area contributed by atoms with Gasteiger partial charge >= 0.3 is 0 Å². The average Bonchev–Trinajstić information content (AvgIpc) is 2.79. The molecule has 2 fully saturated rings. The molecule has 2 aliphatic rings. The highest BCUT2D eigenvalue weighted by Crippen LogP contribution is 2.28. The first kappa shape index (κ1) is 20.8. The number of hydrogen-bond donors (Lipinski definition) is 2. The van der Waals surface area contributed by atoms with Crippen LogP contribution in [0.5, 0.6) is 5.75 Å². The second-order valence-electron chi connectivity index (χ2n) is 8.55. The third-order valence-corrected chi connectivity index (χ3v) is 6.10. The van der Waals surface area contributed by atoms with Crippen LogP contribution in [0.15, 0.2) is 30.3 Å². The van der Waals surface area contributed by atoms with Crippen molar-refractivity contribution in [1.82, 2.24) is 14.9 Å². The van der Waals surface area contributed by atoms with Crippen LogP contribution in [0.4, 0.5) is 11.8 Å². The molecule has 162 valence electrons. The molecule has 30 heavy (non-hydrogen) atoms. The first-order chi connectivity index (χ1) is 14.5. The van der Waals surface area contributed by atoms with Crippen molar-refractivity contribution >= 4 is 11.8 Å². The van der Waals surface area contributed by atoms with E-state index in [-0.39, 0.29) is 11.3 Å². The summed E-state index contributed by atoms with van der Waals surface area (Å²) in [4.78, 5) is 16.7. The van der Waals surface area contributed by atoms with Gasteiger partial charge in [-0.15, -0.1) is 0 Å². The number of phenolic OH excluding ortho intramolecular Hbond substituents is 1. The summed E-state index contributed by atoms with van der Waals surface area (Å²) in [5.41, 5.74) is 7.68. The van der Waals surface area contributed by atoms with E-state index in [1.54, 1.807) is 12.1 Å². The van der Waals surface area contributed by atoms with Gasteiger partial charge in [-0.3, -0.25) is 4.90 Å². The molecule has 1 aromatic heterocycles. The molecule has 0 atom stereocenters. The zero-order valence-corrected chi connectivity index (χ0v) is 17.9. The van der Waals surface area contributed by atoms with Gasteiger partial charge in [0.25, 0.3) is 0 Å². The number of nitrogens with two attached hydrogens (primary N) is 1. The number of aromatic nitrogens is 2. The zero-order chi connectivity index (χ0) is 21.1. The largest absolute Gasteiger partial charge is 0.508 e. The maximum absolute atomic E-state index is 9.94. The molecule has 8 heteroatoms. The van der Waals surface area contributed by atoms with Crippen LogP contribution in [-0.4, -0.2) is 84.5 Å². The number of morpholine rings is 1. The maximum Gasteiger partial charge on any atom is 0.228 e. The minimum Gasteiger partial charge on any atom is -0.508 e. The Bertz CT molecular complexity index is 860. The van der Waals surface area contributed by atoms with E-state index in [2.05, 4.69) is 28.5 Å². The van der Waals surface area contributed by atoms with Gasteiger partial charge in [-0.05, 0) is 26.0 Å². The van der Waals surface area contributed by atoms with Crippen LogP contribution < -0.4 is 15.5 Å². The van der Waals surface area contributed by atoms with Crippen LogP contribution in [0.2, 0.25) is 0 Å². The third kappa shape index (κ3) is 4.50. The van der Waals surface area contributed by atoms with Gasteiger partial charge in [0.15, 0.2) is 0 Å². The monoisotopic (exact) mass is 412 g/mol. The number of benzene rings is 1. The number of piperazine rings is 1. The fourth-order valence-electron chi connectivity index (χ4n) is 3.97. The van der Waals surface area contributed by atoms with Gasteiger partial charge in [0.2, 0.25) is 5.95 Å². The summed E-state index contributed by atoms with van der Waals surface area (Å²) in [6.07, 6.45) is 0. The summed E-state index contributed by atoms with van der Waals surface area (Å²) in [6, 6.07) is 9.26. The lowest BCUT2D eigenvalue weighted by molar-refractivity contribution is 0.118. The highest BCUT2D eigenvalue weighted by atomic mass is 16.5. The van der Waals surface area contributed by atoms with E-state index in [9.17, 15) is 5.11 Å². The van der Waals surface area contributed by atoms with Gasteiger partial charge in [-0.2, -0.15) is 4.98 Å².